The molecule has 0 bridgehead atoms. The lowest BCUT2D eigenvalue weighted by Gasteiger charge is -2.16. The van der Waals surface area contributed by atoms with Crippen molar-refractivity contribution in [3.63, 3.8) is 0 Å². The first-order valence-electron chi connectivity index (χ1n) is 8.36. The molecule has 0 radical (unpaired) electrons. The van der Waals surface area contributed by atoms with Gasteiger partial charge in [-0.3, -0.25) is 4.79 Å². The molecule has 0 saturated heterocycles. The maximum absolute atomic E-state index is 13.2. The second-order valence-electron chi connectivity index (χ2n) is 6.29. The topological polar surface area (TPSA) is 61.3 Å². The molecule has 5 nitrogen and oxygen atoms in total. The van der Waals surface area contributed by atoms with Crippen LogP contribution in [0.25, 0.3) is 0 Å². The van der Waals surface area contributed by atoms with Gasteiger partial charge in [-0.05, 0) is 12.1 Å². The number of ketones is 1. The maximum Gasteiger partial charge on any atom is 0.422 e. The number of carbonyl (C=O) groups excluding carboxylic acids is 1. The summed E-state index contributed by atoms with van der Waals surface area (Å²) in [6.07, 6.45) is -20.2. The molecular weight excluding hydrogens is 508 g/mol. The van der Waals surface area contributed by atoms with Gasteiger partial charge in [0.25, 0.3) is 0 Å². The highest BCUT2D eigenvalue weighted by atomic mass is 19.4. The summed E-state index contributed by atoms with van der Waals surface area (Å²) < 4.78 is 160. The molecule has 2 aromatic heterocycles. The Hall–Kier alpha value is -3.27. The minimum Gasteiger partial charge on any atom is -0.468 e. The highest BCUT2D eigenvalue weighted by molar-refractivity contribution is 6.09. The highest BCUT2D eigenvalue weighted by Gasteiger charge is 2.40. The van der Waals surface area contributed by atoms with Crippen LogP contribution < -0.4 is 9.47 Å². The zero-order valence-electron chi connectivity index (χ0n) is 15.9. The Bertz CT molecular complexity index is 961. The number of alkyl halides is 12. The molecule has 0 aliphatic rings. The number of carbonyl (C=O) groups is 1. The third-order valence-electron chi connectivity index (χ3n) is 3.58. The van der Waals surface area contributed by atoms with E-state index in [1.165, 1.54) is 0 Å². The number of hydrogen-bond donors (Lipinski definition) is 0. The van der Waals surface area contributed by atoms with E-state index < -0.39 is 77.7 Å². The predicted molar refractivity (Wildman–Crippen MR) is 85.0 cm³/mol. The van der Waals surface area contributed by atoms with Crippen LogP contribution in [-0.4, -0.2) is 41.3 Å². The summed E-state index contributed by atoms with van der Waals surface area (Å²) in [6.45, 7) is -4.32. The van der Waals surface area contributed by atoms with E-state index in [4.69, 9.17) is 0 Å². The van der Waals surface area contributed by atoms with E-state index in [-0.39, 0.29) is 12.1 Å². The number of nitrogens with zero attached hydrogens (tertiary/aromatic N) is 2. The van der Waals surface area contributed by atoms with Crippen LogP contribution in [0.5, 0.6) is 11.8 Å². The predicted octanol–water partition coefficient (Wildman–Crippen LogP) is 5.63. The molecule has 0 atom stereocenters. The van der Waals surface area contributed by atoms with Crippen LogP contribution >= 0.6 is 0 Å². The molecule has 17 heteroatoms. The Morgan fingerprint density at radius 3 is 1.24 bits per heavy atom. The van der Waals surface area contributed by atoms with Gasteiger partial charge in [-0.25, -0.2) is 9.97 Å². The molecule has 0 spiro atoms. The van der Waals surface area contributed by atoms with Gasteiger partial charge in [0, 0.05) is 23.5 Å². The zero-order chi connectivity index (χ0) is 26.1. The number of hydrogen-bond acceptors (Lipinski definition) is 5. The van der Waals surface area contributed by atoms with Crippen LogP contribution in [0, 0.1) is 0 Å². The number of ether oxygens (including phenoxy) is 2. The standard InChI is InChI=1S/C17H8F12N2O3/c18-14(19,20)5-33-12-9(16(24,25)26)1-7(3-30-12)11(32)8-2-10(17(27,28)29)13(31-4-8)34-6-15(21,22)23/h1-4H,5-6H2. The molecule has 2 rings (SSSR count). The molecule has 0 aromatic carbocycles. The lowest BCUT2D eigenvalue weighted by molar-refractivity contribution is -0.159. The van der Waals surface area contributed by atoms with E-state index in [0.717, 1.165) is 0 Å². The van der Waals surface area contributed by atoms with Crippen molar-refractivity contribution in [2.45, 2.75) is 24.7 Å². The average molecular weight is 516 g/mol. The lowest BCUT2D eigenvalue weighted by Crippen LogP contribution is -2.22. The molecule has 0 unspecified atom stereocenters. The maximum atomic E-state index is 13.2. The average Bonchev–Trinajstić information content (AvgIpc) is 2.67. The summed E-state index contributed by atoms with van der Waals surface area (Å²) in [5.41, 5.74) is -5.91. The van der Waals surface area contributed by atoms with Gasteiger partial charge in [0.05, 0.1) is 0 Å². The van der Waals surface area contributed by atoms with Crippen LogP contribution in [0.3, 0.4) is 0 Å². The largest absolute Gasteiger partial charge is 0.468 e. The fourth-order valence-corrected chi connectivity index (χ4v) is 2.26. The Balaban J connectivity index is 2.46. The Kier molecular flexibility index (Phi) is 7.28. The fraction of sp³-hybridized carbons (Fsp3) is 0.353. The van der Waals surface area contributed by atoms with Gasteiger partial charge < -0.3 is 9.47 Å². The van der Waals surface area contributed by atoms with Crippen LogP contribution in [0.1, 0.15) is 27.0 Å². The van der Waals surface area contributed by atoms with E-state index >= 15 is 0 Å². The van der Waals surface area contributed by atoms with E-state index in [9.17, 15) is 57.5 Å². The van der Waals surface area contributed by atoms with Gasteiger partial charge in [0.2, 0.25) is 11.8 Å². The van der Waals surface area contributed by atoms with Crippen molar-refractivity contribution in [3.8, 4) is 11.8 Å². The first-order chi connectivity index (χ1) is 15.3. The zero-order valence-corrected chi connectivity index (χ0v) is 15.9. The third kappa shape index (κ3) is 7.38. The summed E-state index contributed by atoms with van der Waals surface area (Å²) in [5.74, 6) is -4.65. The Labute approximate surface area is 180 Å². The van der Waals surface area contributed by atoms with Gasteiger partial charge in [-0.1, -0.05) is 0 Å². The van der Waals surface area contributed by atoms with E-state index in [0.29, 0.717) is 12.4 Å². The van der Waals surface area contributed by atoms with Gasteiger partial charge in [-0.15, -0.1) is 0 Å². The summed E-state index contributed by atoms with van der Waals surface area (Å²) >= 11 is 0. The molecule has 0 saturated carbocycles. The van der Waals surface area contributed by atoms with Crippen LogP contribution in [0.15, 0.2) is 24.5 Å². The molecule has 2 aromatic rings. The Morgan fingerprint density at radius 1 is 0.647 bits per heavy atom. The summed E-state index contributed by atoms with van der Waals surface area (Å²) in [7, 11) is 0. The van der Waals surface area contributed by atoms with Crippen LogP contribution in [-0.2, 0) is 12.4 Å². The second-order valence-corrected chi connectivity index (χ2v) is 6.29. The third-order valence-corrected chi connectivity index (χ3v) is 3.58. The molecule has 2 heterocycles. The number of aromatic nitrogens is 2. The molecule has 0 aliphatic heterocycles. The number of pyridine rings is 2. The van der Waals surface area contributed by atoms with Crippen molar-refractivity contribution in [3.05, 3.63) is 46.8 Å². The normalized spacial score (nSPS) is 13.1. The minimum atomic E-state index is -5.38. The number of halogens is 12. The monoisotopic (exact) mass is 516 g/mol. The van der Waals surface area contributed by atoms with E-state index in [2.05, 4.69) is 19.4 Å². The molecule has 0 fully saturated rings. The Morgan fingerprint density at radius 2 is 0.971 bits per heavy atom. The van der Waals surface area contributed by atoms with Crippen LogP contribution in [0.4, 0.5) is 52.7 Å². The first-order valence-corrected chi connectivity index (χ1v) is 8.36. The quantitative estimate of drug-likeness (QED) is 0.368. The van der Waals surface area contributed by atoms with Crippen molar-refractivity contribution in [2.24, 2.45) is 0 Å². The molecule has 0 N–H and O–H groups in total. The first kappa shape index (κ1) is 27.0. The molecule has 188 valence electrons. The summed E-state index contributed by atoms with van der Waals surface area (Å²) in [6, 6.07) is -0.0231. The van der Waals surface area contributed by atoms with Gasteiger partial charge in [0.15, 0.2) is 19.0 Å². The van der Waals surface area contributed by atoms with Gasteiger partial charge in [-0.2, -0.15) is 52.7 Å². The second kappa shape index (κ2) is 9.17. The van der Waals surface area contributed by atoms with Crippen molar-refractivity contribution >= 4 is 5.78 Å². The summed E-state index contributed by atoms with van der Waals surface area (Å²) in [5, 5.41) is 0. The lowest BCUT2D eigenvalue weighted by atomic mass is 10.0. The summed E-state index contributed by atoms with van der Waals surface area (Å²) in [4.78, 5) is 18.4. The van der Waals surface area contributed by atoms with Crippen molar-refractivity contribution in [1.82, 2.24) is 9.97 Å². The van der Waals surface area contributed by atoms with E-state index in [1.54, 1.807) is 0 Å². The van der Waals surface area contributed by atoms with Gasteiger partial charge in [0.1, 0.15) is 11.1 Å². The van der Waals surface area contributed by atoms with Gasteiger partial charge >= 0.3 is 24.7 Å². The smallest absolute Gasteiger partial charge is 0.422 e. The van der Waals surface area contributed by atoms with Crippen LogP contribution in [0.2, 0.25) is 0 Å². The molecule has 34 heavy (non-hydrogen) atoms. The fourth-order valence-electron chi connectivity index (χ4n) is 2.26. The minimum absolute atomic E-state index is 0.0115. The van der Waals surface area contributed by atoms with Crippen molar-refractivity contribution in [1.29, 1.82) is 0 Å². The van der Waals surface area contributed by atoms with E-state index in [1.807, 2.05) is 0 Å². The molecule has 0 aliphatic carbocycles. The van der Waals surface area contributed by atoms with Crippen molar-refractivity contribution in [2.75, 3.05) is 13.2 Å². The van der Waals surface area contributed by atoms with Crippen molar-refractivity contribution < 1.29 is 67.0 Å². The molecule has 0 amide bonds. The highest BCUT2D eigenvalue weighted by Crippen LogP contribution is 2.38. The number of rotatable bonds is 6. The molecular formula is C17H8F12N2O3. The SMILES string of the molecule is O=C(c1cnc(OCC(F)(F)F)c(C(F)(F)F)c1)c1cnc(OCC(F)(F)F)c(C(F)(F)F)c1.